The minimum absolute atomic E-state index is 0.0134. The molecule has 0 unspecified atom stereocenters. The molecule has 0 amide bonds. The molecule has 0 aromatic carbocycles. The maximum atomic E-state index is 12.9. The number of carbonyl (C=O) groups excluding carboxylic acids is 1. The average Bonchev–Trinajstić information content (AvgIpc) is 2.45. The summed E-state index contributed by atoms with van der Waals surface area (Å²) in [6.07, 6.45) is 1.70. The van der Waals surface area contributed by atoms with Crippen LogP contribution in [-0.4, -0.2) is 40.3 Å². The molecule has 0 aromatic heterocycles. The van der Waals surface area contributed by atoms with Gasteiger partial charge in [-0.25, -0.2) is 0 Å². The minimum Gasteiger partial charge on any atom is -0.502 e. The Morgan fingerprint density at radius 3 is 1.86 bits per heavy atom. The molecule has 1 aliphatic carbocycles. The summed E-state index contributed by atoms with van der Waals surface area (Å²) in [7, 11) is 2.43. The molecule has 5 nitrogen and oxygen atoms in total. The van der Waals surface area contributed by atoms with Gasteiger partial charge in [-0.15, -0.1) is 0 Å². The van der Waals surface area contributed by atoms with Gasteiger partial charge in [-0.2, -0.15) is 0 Å². The maximum absolute atomic E-state index is 12.9. The van der Waals surface area contributed by atoms with E-state index >= 15 is 0 Å². The van der Waals surface area contributed by atoms with Gasteiger partial charge in [0.05, 0.1) is 35.0 Å². The predicted molar refractivity (Wildman–Crippen MR) is 88.0 cm³/mol. The summed E-state index contributed by atoms with van der Waals surface area (Å²) in [5.41, 5.74) is 0.429. The number of ketones is 1. The lowest BCUT2D eigenvalue weighted by molar-refractivity contribution is -0.115. The monoisotopic (exact) mass is 326 g/mol. The molecule has 0 heterocycles. The zero-order chi connectivity index (χ0) is 17.1. The minimum atomic E-state index is -1.78. The van der Waals surface area contributed by atoms with E-state index in [4.69, 9.17) is 14.2 Å². The number of hydrogen-bond acceptors (Lipinski definition) is 5. The fraction of sp³-hybridized carbons (Fsp3) is 0.562. The van der Waals surface area contributed by atoms with Crippen LogP contribution < -0.4 is 0 Å². The van der Waals surface area contributed by atoms with Crippen molar-refractivity contribution in [2.75, 3.05) is 21.3 Å². The highest BCUT2D eigenvalue weighted by Crippen LogP contribution is 2.37. The third-order valence-corrected chi connectivity index (χ3v) is 5.93. The molecule has 0 saturated heterocycles. The molecule has 0 radical (unpaired) electrons. The molecule has 1 rings (SSSR count). The van der Waals surface area contributed by atoms with Gasteiger partial charge in [0.15, 0.2) is 5.76 Å². The van der Waals surface area contributed by atoms with Gasteiger partial charge in [-0.3, -0.25) is 4.79 Å². The van der Waals surface area contributed by atoms with Gasteiger partial charge < -0.3 is 19.3 Å². The summed E-state index contributed by atoms with van der Waals surface area (Å²) >= 11 is 0. The van der Waals surface area contributed by atoms with Crippen molar-refractivity contribution in [3.05, 3.63) is 33.8 Å². The number of rotatable bonds is 6. The van der Waals surface area contributed by atoms with Crippen molar-refractivity contribution in [2.24, 2.45) is 0 Å². The topological polar surface area (TPSA) is 65.0 Å². The lowest BCUT2D eigenvalue weighted by Gasteiger charge is -2.28. The van der Waals surface area contributed by atoms with Gasteiger partial charge in [0.2, 0.25) is 23.1 Å². The van der Waals surface area contributed by atoms with Crippen molar-refractivity contribution in [3.63, 3.8) is 0 Å². The fourth-order valence-electron chi connectivity index (χ4n) is 2.62. The van der Waals surface area contributed by atoms with E-state index in [0.717, 1.165) is 18.0 Å². The van der Waals surface area contributed by atoms with Gasteiger partial charge in [0.25, 0.3) is 0 Å². The Kier molecular flexibility index (Phi) is 5.88. The number of aliphatic hydroxyl groups excluding tert-OH is 1. The van der Waals surface area contributed by atoms with E-state index in [-0.39, 0.29) is 28.8 Å². The van der Waals surface area contributed by atoms with Gasteiger partial charge in [0, 0.05) is 0 Å². The number of allylic oxidation sites excluding steroid dienone is 3. The molecule has 0 aliphatic heterocycles. The average molecular weight is 326 g/mol. The summed E-state index contributed by atoms with van der Waals surface area (Å²) in [5, 5.41) is 11.5. The van der Waals surface area contributed by atoms with Crippen molar-refractivity contribution in [3.8, 4) is 0 Å². The molecule has 0 bridgehead atoms. The van der Waals surface area contributed by atoms with Crippen LogP contribution in [0.15, 0.2) is 33.8 Å². The highest BCUT2D eigenvalue weighted by atomic mass is 28.3. The third-order valence-electron chi connectivity index (χ3n) is 3.62. The van der Waals surface area contributed by atoms with Gasteiger partial charge in [-0.05, 0) is 6.42 Å². The van der Waals surface area contributed by atoms with Crippen molar-refractivity contribution in [1.29, 1.82) is 0 Å². The highest BCUT2D eigenvalue weighted by molar-refractivity contribution is 6.83. The second kappa shape index (κ2) is 7.04. The van der Waals surface area contributed by atoms with E-state index < -0.39 is 8.07 Å². The zero-order valence-corrected chi connectivity index (χ0v) is 15.5. The number of carbonyl (C=O) groups is 1. The van der Waals surface area contributed by atoms with Crippen LogP contribution in [0, 0.1) is 0 Å². The molecule has 0 atom stereocenters. The molecule has 124 valence electrons. The van der Waals surface area contributed by atoms with E-state index in [9.17, 15) is 9.90 Å². The van der Waals surface area contributed by atoms with E-state index in [1.165, 1.54) is 21.3 Å². The van der Waals surface area contributed by atoms with Crippen molar-refractivity contribution >= 4 is 13.9 Å². The smallest absolute Gasteiger partial charge is 0.235 e. The first-order chi connectivity index (χ1) is 10.2. The van der Waals surface area contributed by atoms with Gasteiger partial charge >= 0.3 is 0 Å². The van der Waals surface area contributed by atoms with E-state index in [2.05, 4.69) is 26.6 Å². The van der Waals surface area contributed by atoms with Crippen molar-refractivity contribution in [2.45, 2.75) is 39.4 Å². The Bertz CT molecular complexity index is 549. The van der Waals surface area contributed by atoms with E-state index in [0.29, 0.717) is 5.57 Å². The Hall–Kier alpha value is -1.69. The van der Waals surface area contributed by atoms with Crippen LogP contribution >= 0.6 is 0 Å². The Labute approximate surface area is 133 Å². The van der Waals surface area contributed by atoms with Crippen LogP contribution in [0.1, 0.15) is 19.8 Å². The first-order valence-corrected chi connectivity index (χ1v) is 10.8. The number of ether oxygens (including phenoxy) is 3. The molecular formula is C16H26O5Si. The molecule has 0 aromatic rings. The highest BCUT2D eigenvalue weighted by Gasteiger charge is 2.39. The molecular weight excluding hydrogens is 300 g/mol. The number of Topliss-reactive ketones (excluding diaryl/α,β-unsaturated/α-hetero) is 1. The van der Waals surface area contributed by atoms with Crippen molar-refractivity contribution in [1.82, 2.24) is 0 Å². The van der Waals surface area contributed by atoms with Gasteiger partial charge in [-0.1, -0.05) is 38.2 Å². The summed E-state index contributed by atoms with van der Waals surface area (Å²) in [4.78, 5) is 12.9. The first-order valence-electron chi connectivity index (χ1n) is 7.33. The van der Waals surface area contributed by atoms with E-state index in [1.54, 1.807) is 0 Å². The van der Waals surface area contributed by atoms with Crippen LogP contribution in [0.4, 0.5) is 0 Å². The second-order valence-electron chi connectivity index (χ2n) is 6.13. The summed E-state index contributed by atoms with van der Waals surface area (Å²) in [5.74, 6) is -0.279. The Morgan fingerprint density at radius 1 is 1.00 bits per heavy atom. The molecule has 1 aliphatic rings. The SMILES string of the molecule is CCC/C(=C1\C(=O)C(OC)=C(OC)C(O)=C1OC)[Si](C)(C)C. The molecule has 0 spiro atoms. The number of hydrogen-bond donors (Lipinski definition) is 1. The number of aliphatic hydroxyl groups is 1. The standard InChI is InChI=1S/C16H26O5Si/c1-8-9-10(22(5,6)7)11-12(17)15(20-3)16(21-4)13(18)14(11)19-2/h18H,8-9H2,1-7H3/b11-10-. The summed E-state index contributed by atoms with van der Waals surface area (Å²) in [6.45, 7) is 8.58. The predicted octanol–water partition coefficient (Wildman–Crippen LogP) is 3.46. The largest absolute Gasteiger partial charge is 0.502 e. The van der Waals surface area contributed by atoms with Crippen LogP contribution in [-0.2, 0) is 19.0 Å². The third kappa shape index (κ3) is 3.21. The normalized spacial score (nSPS) is 18.6. The zero-order valence-electron chi connectivity index (χ0n) is 14.5. The summed E-state index contributed by atoms with van der Waals surface area (Å²) < 4.78 is 15.6. The quantitative estimate of drug-likeness (QED) is 0.598. The lowest BCUT2D eigenvalue weighted by atomic mass is 9.98. The maximum Gasteiger partial charge on any atom is 0.235 e. The first kappa shape index (κ1) is 18.4. The van der Waals surface area contributed by atoms with Gasteiger partial charge in [0.1, 0.15) is 0 Å². The van der Waals surface area contributed by atoms with Crippen LogP contribution in [0.2, 0.25) is 19.6 Å². The van der Waals surface area contributed by atoms with Crippen LogP contribution in [0.5, 0.6) is 0 Å². The molecule has 1 N–H and O–H groups in total. The van der Waals surface area contributed by atoms with E-state index in [1.807, 2.05) is 0 Å². The second-order valence-corrected chi connectivity index (χ2v) is 11.2. The molecule has 0 fully saturated rings. The van der Waals surface area contributed by atoms with Crippen LogP contribution in [0.25, 0.3) is 0 Å². The number of methoxy groups -OCH3 is 3. The molecule has 6 heteroatoms. The van der Waals surface area contributed by atoms with Crippen LogP contribution in [0.3, 0.4) is 0 Å². The Balaban J connectivity index is 3.75. The molecule has 0 saturated carbocycles. The lowest BCUT2D eigenvalue weighted by Crippen LogP contribution is -2.31. The molecule has 22 heavy (non-hydrogen) atoms. The Morgan fingerprint density at radius 2 is 1.50 bits per heavy atom. The fourth-order valence-corrected chi connectivity index (χ4v) is 4.60. The van der Waals surface area contributed by atoms with Crippen molar-refractivity contribution < 1.29 is 24.1 Å². The summed E-state index contributed by atoms with van der Waals surface area (Å²) in [6, 6.07) is 0.